The minimum absolute atomic E-state index is 0.113. The predicted octanol–water partition coefficient (Wildman–Crippen LogP) is 3.35. The molecule has 0 heterocycles. The summed E-state index contributed by atoms with van der Waals surface area (Å²) in [5.74, 6) is 0. The van der Waals surface area contributed by atoms with E-state index in [0.29, 0.717) is 0 Å². The molecule has 0 fully saturated rings. The highest BCUT2D eigenvalue weighted by atomic mass is 14.7. The number of benzene rings is 1. The molecule has 1 unspecified atom stereocenters. The molecule has 1 aromatic rings. The van der Waals surface area contributed by atoms with Crippen LogP contribution in [0.5, 0.6) is 0 Å². The molecule has 1 rings (SSSR count). The summed E-state index contributed by atoms with van der Waals surface area (Å²) in [6.07, 6.45) is 0. The van der Waals surface area contributed by atoms with Crippen LogP contribution in [0.4, 0.5) is 0 Å². The third-order valence-electron chi connectivity index (χ3n) is 2.82. The molecule has 1 aromatic carbocycles. The molecule has 1 atom stereocenters. The maximum absolute atomic E-state index is 6.19. The molecule has 1 heteroatoms. The third-order valence-corrected chi connectivity index (χ3v) is 2.82. The van der Waals surface area contributed by atoms with Gasteiger partial charge in [-0.3, -0.25) is 0 Å². The van der Waals surface area contributed by atoms with Gasteiger partial charge in [0.2, 0.25) is 0 Å². The van der Waals surface area contributed by atoms with E-state index < -0.39 is 0 Å². The summed E-state index contributed by atoms with van der Waals surface area (Å²) < 4.78 is 0. The fourth-order valence-corrected chi connectivity index (χ4v) is 1.46. The van der Waals surface area contributed by atoms with Crippen molar-refractivity contribution in [3.05, 3.63) is 34.9 Å². The quantitative estimate of drug-likeness (QED) is 0.723. The molecular formula is C13H21N. The molecule has 0 saturated heterocycles. The van der Waals surface area contributed by atoms with Gasteiger partial charge in [-0.25, -0.2) is 0 Å². The molecule has 14 heavy (non-hydrogen) atoms. The Morgan fingerprint density at radius 1 is 1.07 bits per heavy atom. The van der Waals surface area contributed by atoms with Crippen LogP contribution in [0.15, 0.2) is 18.2 Å². The zero-order chi connectivity index (χ0) is 10.9. The van der Waals surface area contributed by atoms with Gasteiger partial charge in [0, 0.05) is 6.04 Å². The van der Waals surface area contributed by atoms with E-state index in [1.807, 2.05) is 0 Å². The molecule has 0 aliphatic carbocycles. The number of hydrogen-bond acceptors (Lipinski definition) is 1. The Hall–Kier alpha value is -0.820. The number of aryl methyl sites for hydroxylation is 2. The van der Waals surface area contributed by atoms with Gasteiger partial charge in [-0.1, -0.05) is 39.0 Å². The van der Waals surface area contributed by atoms with Crippen molar-refractivity contribution in [3.63, 3.8) is 0 Å². The van der Waals surface area contributed by atoms with Crippen molar-refractivity contribution in [2.75, 3.05) is 0 Å². The fourth-order valence-electron chi connectivity index (χ4n) is 1.46. The van der Waals surface area contributed by atoms with E-state index in [4.69, 9.17) is 5.73 Å². The van der Waals surface area contributed by atoms with Crippen LogP contribution in [0, 0.1) is 19.3 Å². The normalized spacial score (nSPS) is 14.1. The number of nitrogens with two attached hydrogens (primary N) is 1. The van der Waals surface area contributed by atoms with Gasteiger partial charge < -0.3 is 5.73 Å². The standard InChI is InChI=1S/C13H21N/c1-9-6-7-11(8-10(9)2)12(14)13(3,4)5/h6-8,12H,14H2,1-5H3. The van der Waals surface area contributed by atoms with Crippen LogP contribution >= 0.6 is 0 Å². The average molecular weight is 191 g/mol. The van der Waals surface area contributed by atoms with E-state index in [1.54, 1.807) is 0 Å². The molecule has 0 aliphatic heterocycles. The fraction of sp³-hybridized carbons (Fsp3) is 0.538. The van der Waals surface area contributed by atoms with Crippen LogP contribution in [0.3, 0.4) is 0 Å². The Labute approximate surface area is 87.3 Å². The highest BCUT2D eigenvalue weighted by Gasteiger charge is 2.22. The van der Waals surface area contributed by atoms with E-state index >= 15 is 0 Å². The van der Waals surface area contributed by atoms with Crippen molar-refractivity contribution >= 4 is 0 Å². The van der Waals surface area contributed by atoms with Crippen molar-refractivity contribution < 1.29 is 0 Å². The van der Waals surface area contributed by atoms with Crippen molar-refractivity contribution in [2.45, 2.75) is 40.7 Å². The molecule has 0 radical (unpaired) electrons. The van der Waals surface area contributed by atoms with Gasteiger partial charge >= 0.3 is 0 Å². The molecule has 1 nitrogen and oxygen atoms in total. The van der Waals surface area contributed by atoms with Gasteiger partial charge in [-0.15, -0.1) is 0 Å². The van der Waals surface area contributed by atoms with Crippen LogP contribution in [0.25, 0.3) is 0 Å². The summed E-state index contributed by atoms with van der Waals surface area (Å²) >= 11 is 0. The van der Waals surface area contributed by atoms with Crippen LogP contribution < -0.4 is 5.73 Å². The van der Waals surface area contributed by atoms with Gasteiger partial charge in [-0.05, 0) is 36.0 Å². The highest BCUT2D eigenvalue weighted by molar-refractivity contribution is 5.32. The summed E-state index contributed by atoms with van der Waals surface area (Å²) in [6, 6.07) is 6.60. The first kappa shape index (κ1) is 11.3. The molecule has 0 spiro atoms. The van der Waals surface area contributed by atoms with E-state index in [9.17, 15) is 0 Å². The molecule has 0 aromatic heterocycles. The third kappa shape index (κ3) is 2.36. The van der Waals surface area contributed by atoms with Gasteiger partial charge in [0.1, 0.15) is 0 Å². The maximum Gasteiger partial charge on any atom is 0.0344 e. The first-order valence-electron chi connectivity index (χ1n) is 5.15. The summed E-state index contributed by atoms with van der Waals surface area (Å²) in [6.45, 7) is 10.8. The average Bonchev–Trinajstić information content (AvgIpc) is 2.07. The van der Waals surface area contributed by atoms with Crippen molar-refractivity contribution in [1.82, 2.24) is 0 Å². The number of rotatable bonds is 1. The second-order valence-electron chi connectivity index (χ2n) is 5.19. The van der Waals surface area contributed by atoms with Crippen molar-refractivity contribution in [3.8, 4) is 0 Å². The molecule has 0 aliphatic rings. The minimum Gasteiger partial charge on any atom is -0.324 e. The second kappa shape index (κ2) is 3.74. The lowest BCUT2D eigenvalue weighted by Crippen LogP contribution is -2.26. The first-order chi connectivity index (χ1) is 6.32. The zero-order valence-electron chi connectivity index (χ0n) is 9.89. The molecule has 78 valence electrons. The Morgan fingerprint density at radius 3 is 2.07 bits per heavy atom. The van der Waals surface area contributed by atoms with Crippen LogP contribution in [0.2, 0.25) is 0 Å². The Balaban J connectivity index is 3.03. The van der Waals surface area contributed by atoms with E-state index in [2.05, 4.69) is 52.8 Å². The first-order valence-corrected chi connectivity index (χ1v) is 5.15. The zero-order valence-corrected chi connectivity index (χ0v) is 9.89. The molecular weight excluding hydrogens is 170 g/mol. The smallest absolute Gasteiger partial charge is 0.0344 e. The van der Waals surface area contributed by atoms with E-state index in [0.717, 1.165) is 0 Å². The second-order valence-corrected chi connectivity index (χ2v) is 5.19. The molecule has 0 saturated carbocycles. The van der Waals surface area contributed by atoms with E-state index in [-0.39, 0.29) is 11.5 Å². The molecule has 0 amide bonds. The molecule has 0 bridgehead atoms. The van der Waals surface area contributed by atoms with Gasteiger partial charge in [0.05, 0.1) is 0 Å². The van der Waals surface area contributed by atoms with Crippen LogP contribution in [-0.4, -0.2) is 0 Å². The topological polar surface area (TPSA) is 26.0 Å². The van der Waals surface area contributed by atoms with E-state index in [1.165, 1.54) is 16.7 Å². The Bertz CT molecular complexity index is 320. The van der Waals surface area contributed by atoms with Crippen LogP contribution in [-0.2, 0) is 0 Å². The lowest BCUT2D eigenvalue weighted by molar-refractivity contribution is 0.327. The SMILES string of the molecule is Cc1ccc(C(N)C(C)(C)C)cc1C. The lowest BCUT2D eigenvalue weighted by atomic mass is 9.82. The lowest BCUT2D eigenvalue weighted by Gasteiger charge is -2.27. The van der Waals surface area contributed by atoms with Gasteiger partial charge in [0.15, 0.2) is 0 Å². The van der Waals surface area contributed by atoms with Gasteiger partial charge in [-0.2, -0.15) is 0 Å². The maximum atomic E-state index is 6.19. The van der Waals surface area contributed by atoms with Gasteiger partial charge in [0.25, 0.3) is 0 Å². The van der Waals surface area contributed by atoms with Crippen molar-refractivity contribution in [1.29, 1.82) is 0 Å². The summed E-state index contributed by atoms with van der Waals surface area (Å²) in [5, 5.41) is 0. The summed E-state index contributed by atoms with van der Waals surface area (Å²) in [7, 11) is 0. The minimum atomic E-state index is 0.113. The Morgan fingerprint density at radius 2 is 1.64 bits per heavy atom. The highest BCUT2D eigenvalue weighted by Crippen LogP contribution is 2.30. The summed E-state index contributed by atoms with van der Waals surface area (Å²) in [5.41, 5.74) is 10.2. The number of hydrogen-bond donors (Lipinski definition) is 1. The molecule has 2 N–H and O–H groups in total. The van der Waals surface area contributed by atoms with Crippen LogP contribution in [0.1, 0.15) is 43.5 Å². The largest absolute Gasteiger partial charge is 0.324 e. The monoisotopic (exact) mass is 191 g/mol. The van der Waals surface area contributed by atoms with Crippen molar-refractivity contribution in [2.24, 2.45) is 11.1 Å². The Kier molecular flexibility index (Phi) is 3.01. The summed E-state index contributed by atoms with van der Waals surface area (Å²) in [4.78, 5) is 0. The predicted molar refractivity (Wildman–Crippen MR) is 62.3 cm³/mol.